The van der Waals surface area contributed by atoms with Crippen molar-refractivity contribution in [3.8, 4) is 0 Å². The highest BCUT2D eigenvalue weighted by molar-refractivity contribution is 9.10. The van der Waals surface area contributed by atoms with E-state index in [2.05, 4.69) is 21.2 Å². The van der Waals surface area contributed by atoms with Crippen LogP contribution in [0.5, 0.6) is 0 Å². The molecule has 0 radical (unpaired) electrons. The van der Waals surface area contributed by atoms with E-state index in [4.69, 9.17) is 0 Å². The van der Waals surface area contributed by atoms with Crippen LogP contribution < -0.4 is 5.32 Å². The first kappa shape index (κ1) is 21.9. The molecule has 0 aromatic heterocycles. The van der Waals surface area contributed by atoms with E-state index in [-0.39, 0.29) is 27.6 Å². The molecule has 0 atom stereocenters. The molecule has 1 aliphatic rings. The zero-order valence-electron chi connectivity index (χ0n) is 16.4. The smallest absolute Gasteiger partial charge is 0.251 e. The standard InChI is InChI=1S/C21H24BrFN2O3S/c1-25(2)29(27,28)19-13-15(5-10-18(19)22)20(26)24-14-21(11-3-4-12-21)16-6-8-17(23)9-7-16/h5-10,13H,3-4,11-12,14H2,1-2H3,(H,24,26). The molecule has 0 aliphatic heterocycles. The summed E-state index contributed by atoms with van der Waals surface area (Å²) in [5, 5.41) is 2.97. The maximum atomic E-state index is 13.3. The van der Waals surface area contributed by atoms with Crippen molar-refractivity contribution in [2.24, 2.45) is 0 Å². The minimum Gasteiger partial charge on any atom is -0.351 e. The Kier molecular flexibility index (Phi) is 6.45. The Morgan fingerprint density at radius 1 is 1.14 bits per heavy atom. The van der Waals surface area contributed by atoms with E-state index >= 15 is 0 Å². The molecule has 2 aromatic rings. The van der Waals surface area contributed by atoms with Crippen LogP contribution in [0.2, 0.25) is 0 Å². The van der Waals surface area contributed by atoms with Gasteiger partial charge in [0, 0.05) is 36.1 Å². The summed E-state index contributed by atoms with van der Waals surface area (Å²) in [5.74, 6) is -0.614. The molecule has 0 saturated heterocycles. The molecule has 0 spiro atoms. The number of nitrogens with zero attached hydrogens (tertiary/aromatic N) is 1. The lowest BCUT2D eigenvalue weighted by molar-refractivity contribution is 0.0943. The van der Waals surface area contributed by atoms with Gasteiger partial charge in [-0.2, -0.15) is 0 Å². The Bertz CT molecular complexity index is 1000. The number of sulfonamides is 1. The summed E-state index contributed by atoms with van der Waals surface area (Å²) in [4.78, 5) is 12.8. The lowest BCUT2D eigenvalue weighted by atomic mass is 9.78. The van der Waals surface area contributed by atoms with Crippen LogP contribution in [0.3, 0.4) is 0 Å². The fraction of sp³-hybridized carbons (Fsp3) is 0.381. The van der Waals surface area contributed by atoms with E-state index in [0.717, 1.165) is 35.6 Å². The Hall–Kier alpha value is -1.77. The van der Waals surface area contributed by atoms with Crippen molar-refractivity contribution in [3.05, 3.63) is 63.9 Å². The molecule has 1 N–H and O–H groups in total. The number of hydrogen-bond donors (Lipinski definition) is 1. The molecule has 0 heterocycles. The van der Waals surface area contributed by atoms with E-state index in [1.54, 1.807) is 24.3 Å². The number of benzene rings is 2. The van der Waals surface area contributed by atoms with Crippen LogP contribution in [0.25, 0.3) is 0 Å². The number of carbonyl (C=O) groups is 1. The number of nitrogens with one attached hydrogen (secondary N) is 1. The lowest BCUT2D eigenvalue weighted by Crippen LogP contribution is -2.39. The van der Waals surface area contributed by atoms with Gasteiger partial charge in [-0.05, 0) is 64.7 Å². The van der Waals surface area contributed by atoms with Crippen LogP contribution in [-0.2, 0) is 15.4 Å². The van der Waals surface area contributed by atoms with Gasteiger partial charge in [-0.15, -0.1) is 0 Å². The number of amides is 1. The summed E-state index contributed by atoms with van der Waals surface area (Å²) in [5.41, 5.74) is 1.07. The van der Waals surface area contributed by atoms with E-state index < -0.39 is 10.0 Å². The van der Waals surface area contributed by atoms with E-state index in [9.17, 15) is 17.6 Å². The summed E-state index contributed by atoms with van der Waals surface area (Å²) in [6, 6.07) is 11.0. The van der Waals surface area contributed by atoms with Crippen LogP contribution in [0.15, 0.2) is 51.8 Å². The molecule has 8 heteroatoms. The molecule has 1 saturated carbocycles. The van der Waals surface area contributed by atoms with Gasteiger partial charge in [0.25, 0.3) is 5.91 Å². The number of hydrogen-bond acceptors (Lipinski definition) is 3. The van der Waals surface area contributed by atoms with E-state index in [1.807, 2.05) is 0 Å². The SMILES string of the molecule is CN(C)S(=O)(=O)c1cc(C(=O)NCC2(c3ccc(F)cc3)CCCC2)ccc1Br. The quantitative estimate of drug-likeness (QED) is 0.674. The predicted molar refractivity (Wildman–Crippen MR) is 114 cm³/mol. The molecular formula is C21H24BrFN2O3S. The first-order valence-electron chi connectivity index (χ1n) is 9.42. The highest BCUT2D eigenvalue weighted by Gasteiger charge is 2.36. The van der Waals surface area contributed by atoms with Gasteiger partial charge in [0.2, 0.25) is 10.0 Å². The second kappa shape index (κ2) is 8.53. The van der Waals surface area contributed by atoms with Gasteiger partial charge >= 0.3 is 0 Å². The van der Waals surface area contributed by atoms with Gasteiger partial charge in [-0.1, -0.05) is 25.0 Å². The van der Waals surface area contributed by atoms with Crippen molar-refractivity contribution < 1.29 is 17.6 Å². The van der Waals surface area contributed by atoms with Crippen molar-refractivity contribution in [2.75, 3.05) is 20.6 Å². The Morgan fingerprint density at radius 2 is 1.76 bits per heavy atom. The minimum absolute atomic E-state index is 0.0456. The average Bonchev–Trinajstić information content (AvgIpc) is 3.17. The van der Waals surface area contributed by atoms with Gasteiger partial charge in [-0.3, -0.25) is 4.79 Å². The van der Waals surface area contributed by atoms with E-state index in [0.29, 0.717) is 11.0 Å². The maximum Gasteiger partial charge on any atom is 0.251 e. The minimum atomic E-state index is -3.68. The highest BCUT2D eigenvalue weighted by atomic mass is 79.9. The summed E-state index contributed by atoms with van der Waals surface area (Å²) in [6.45, 7) is 0.420. The van der Waals surface area contributed by atoms with Crippen molar-refractivity contribution in [1.29, 1.82) is 0 Å². The first-order chi connectivity index (χ1) is 13.7. The average molecular weight is 483 g/mol. The molecule has 156 valence electrons. The molecule has 0 unspecified atom stereocenters. The topological polar surface area (TPSA) is 66.5 Å². The third kappa shape index (κ3) is 4.54. The highest BCUT2D eigenvalue weighted by Crippen LogP contribution is 2.40. The van der Waals surface area contributed by atoms with Crippen molar-refractivity contribution in [3.63, 3.8) is 0 Å². The Labute approximate surface area is 179 Å². The number of carbonyl (C=O) groups excluding carboxylic acids is 1. The summed E-state index contributed by atoms with van der Waals surface area (Å²) in [7, 11) is -0.791. The normalized spacial score (nSPS) is 16.2. The van der Waals surface area contributed by atoms with Crippen LogP contribution >= 0.6 is 15.9 Å². The third-order valence-electron chi connectivity index (χ3n) is 5.56. The summed E-state index contributed by atoms with van der Waals surface area (Å²) in [6.07, 6.45) is 3.94. The molecule has 1 amide bonds. The van der Waals surface area contributed by atoms with Gasteiger partial charge < -0.3 is 5.32 Å². The molecule has 1 aliphatic carbocycles. The number of halogens is 2. The molecule has 0 bridgehead atoms. The van der Waals surface area contributed by atoms with Crippen molar-refractivity contribution >= 4 is 31.9 Å². The van der Waals surface area contributed by atoms with Crippen molar-refractivity contribution in [1.82, 2.24) is 9.62 Å². The second-order valence-electron chi connectivity index (χ2n) is 7.61. The van der Waals surface area contributed by atoms with Gasteiger partial charge in [0.05, 0.1) is 4.90 Å². The molecule has 3 rings (SSSR count). The predicted octanol–water partition coefficient (Wildman–Crippen LogP) is 4.08. The fourth-order valence-corrected chi connectivity index (χ4v) is 5.66. The zero-order chi connectivity index (χ0) is 21.2. The van der Waals surface area contributed by atoms with Crippen LogP contribution in [0, 0.1) is 5.82 Å². The molecule has 2 aromatic carbocycles. The Balaban J connectivity index is 1.82. The first-order valence-corrected chi connectivity index (χ1v) is 11.7. The Morgan fingerprint density at radius 3 is 2.34 bits per heavy atom. The maximum absolute atomic E-state index is 13.3. The van der Waals surface area contributed by atoms with Gasteiger partial charge in [0.1, 0.15) is 5.82 Å². The fourth-order valence-electron chi connectivity index (χ4n) is 3.81. The van der Waals surface area contributed by atoms with E-state index in [1.165, 1.54) is 32.3 Å². The molecule has 1 fully saturated rings. The summed E-state index contributed by atoms with van der Waals surface area (Å²) >= 11 is 3.25. The third-order valence-corrected chi connectivity index (χ3v) is 8.37. The van der Waals surface area contributed by atoms with Gasteiger partial charge in [-0.25, -0.2) is 17.1 Å². The second-order valence-corrected chi connectivity index (χ2v) is 10.6. The summed E-state index contributed by atoms with van der Waals surface area (Å²) < 4.78 is 39.8. The van der Waals surface area contributed by atoms with Crippen LogP contribution in [-0.4, -0.2) is 39.3 Å². The lowest BCUT2D eigenvalue weighted by Gasteiger charge is -2.30. The monoisotopic (exact) mass is 482 g/mol. The van der Waals surface area contributed by atoms with Crippen LogP contribution in [0.4, 0.5) is 4.39 Å². The largest absolute Gasteiger partial charge is 0.351 e. The molecule has 29 heavy (non-hydrogen) atoms. The molecule has 5 nitrogen and oxygen atoms in total. The van der Waals surface area contributed by atoms with Crippen LogP contribution in [0.1, 0.15) is 41.6 Å². The molecular weight excluding hydrogens is 459 g/mol. The van der Waals surface area contributed by atoms with Crippen molar-refractivity contribution in [2.45, 2.75) is 36.0 Å². The zero-order valence-corrected chi connectivity index (χ0v) is 18.8. The van der Waals surface area contributed by atoms with Gasteiger partial charge in [0.15, 0.2) is 0 Å². The number of rotatable bonds is 6.